The summed E-state index contributed by atoms with van der Waals surface area (Å²) in [5, 5.41) is 0. The van der Waals surface area contributed by atoms with Crippen LogP contribution in [0.5, 0.6) is 0 Å². The van der Waals surface area contributed by atoms with Crippen molar-refractivity contribution in [3.63, 3.8) is 0 Å². The Hall–Kier alpha value is -0.520. The average Bonchev–Trinajstić information content (AvgIpc) is 2.21. The second kappa shape index (κ2) is 10.6. The predicted molar refractivity (Wildman–Crippen MR) is 66.6 cm³/mol. The molecule has 0 bridgehead atoms. The van der Waals surface area contributed by atoms with Gasteiger partial charge in [0.15, 0.2) is 0 Å². The molecule has 0 saturated heterocycles. The third-order valence-electron chi connectivity index (χ3n) is 2.50. The zero-order valence-electron chi connectivity index (χ0n) is 10.2. The normalized spacial score (nSPS) is 12.6. The SMILES string of the molecule is C/C=C\C(=C/CCCCCCC)CC. The lowest BCUT2D eigenvalue weighted by molar-refractivity contribution is 0.636. The fraction of sp³-hybridized carbons (Fsp3) is 0.714. The summed E-state index contributed by atoms with van der Waals surface area (Å²) in [5.41, 5.74) is 1.49. The summed E-state index contributed by atoms with van der Waals surface area (Å²) < 4.78 is 0. The minimum atomic E-state index is 1.17. The molecule has 0 heterocycles. The van der Waals surface area contributed by atoms with E-state index in [0.717, 1.165) is 0 Å². The van der Waals surface area contributed by atoms with Crippen LogP contribution in [-0.2, 0) is 0 Å². The van der Waals surface area contributed by atoms with Crippen LogP contribution < -0.4 is 0 Å². The summed E-state index contributed by atoms with van der Waals surface area (Å²) in [6, 6.07) is 0. The van der Waals surface area contributed by atoms with Crippen LogP contribution in [0.25, 0.3) is 0 Å². The standard InChI is InChI=1S/C14H26/c1-4-7-8-9-10-11-13-14(6-3)12-5-2/h5,12-13H,4,6-11H2,1-3H3/b12-5-,14-13-. The molecule has 0 amide bonds. The molecule has 0 atom stereocenters. The second-order valence-corrected chi connectivity index (χ2v) is 3.84. The van der Waals surface area contributed by atoms with Gasteiger partial charge in [0.2, 0.25) is 0 Å². The predicted octanol–water partition coefficient (Wildman–Crippen LogP) is 5.26. The van der Waals surface area contributed by atoms with Gasteiger partial charge in [-0.1, -0.05) is 63.3 Å². The summed E-state index contributed by atoms with van der Waals surface area (Å²) in [5.74, 6) is 0. The van der Waals surface area contributed by atoms with Crippen molar-refractivity contribution < 1.29 is 0 Å². The Morgan fingerprint density at radius 3 is 2.29 bits per heavy atom. The van der Waals surface area contributed by atoms with E-state index in [9.17, 15) is 0 Å². The summed E-state index contributed by atoms with van der Waals surface area (Å²) in [6.07, 6.45) is 16.1. The summed E-state index contributed by atoms with van der Waals surface area (Å²) >= 11 is 0. The maximum absolute atomic E-state index is 2.39. The topological polar surface area (TPSA) is 0 Å². The van der Waals surface area contributed by atoms with Crippen molar-refractivity contribution in [3.8, 4) is 0 Å². The molecule has 0 radical (unpaired) electrons. The lowest BCUT2D eigenvalue weighted by Gasteiger charge is -1.99. The number of rotatable bonds is 8. The van der Waals surface area contributed by atoms with E-state index in [1.807, 2.05) is 0 Å². The molecule has 0 rings (SSSR count). The van der Waals surface area contributed by atoms with E-state index in [1.165, 1.54) is 50.5 Å². The van der Waals surface area contributed by atoms with Gasteiger partial charge in [-0.05, 0) is 26.2 Å². The van der Waals surface area contributed by atoms with E-state index in [-0.39, 0.29) is 0 Å². The molecule has 0 nitrogen and oxygen atoms in total. The zero-order valence-corrected chi connectivity index (χ0v) is 10.2. The number of unbranched alkanes of at least 4 members (excludes halogenated alkanes) is 5. The van der Waals surface area contributed by atoms with Crippen LogP contribution in [0.1, 0.15) is 65.7 Å². The quantitative estimate of drug-likeness (QED) is 0.365. The Bertz CT molecular complexity index is 163. The van der Waals surface area contributed by atoms with Gasteiger partial charge < -0.3 is 0 Å². The van der Waals surface area contributed by atoms with Gasteiger partial charge in [-0.3, -0.25) is 0 Å². The van der Waals surface area contributed by atoms with Crippen LogP contribution in [0.15, 0.2) is 23.8 Å². The first-order valence-electron chi connectivity index (χ1n) is 6.16. The molecule has 0 aliphatic heterocycles. The second-order valence-electron chi connectivity index (χ2n) is 3.84. The molecule has 0 fully saturated rings. The molecule has 0 aliphatic carbocycles. The Labute approximate surface area is 90.1 Å². The van der Waals surface area contributed by atoms with E-state index < -0.39 is 0 Å². The van der Waals surface area contributed by atoms with Gasteiger partial charge in [0.25, 0.3) is 0 Å². The molecule has 0 saturated carbocycles. The van der Waals surface area contributed by atoms with Gasteiger partial charge in [0.1, 0.15) is 0 Å². The first-order valence-corrected chi connectivity index (χ1v) is 6.16. The van der Waals surface area contributed by atoms with Crippen LogP contribution in [-0.4, -0.2) is 0 Å². The van der Waals surface area contributed by atoms with Crippen molar-refractivity contribution in [2.45, 2.75) is 65.7 Å². The molecule has 0 aromatic heterocycles. The highest BCUT2D eigenvalue weighted by Gasteiger charge is 1.89. The van der Waals surface area contributed by atoms with Crippen LogP contribution >= 0.6 is 0 Å². The fourth-order valence-electron chi connectivity index (χ4n) is 1.58. The minimum absolute atomic E-state index is 1.17. The number of hydrogen-bond donors (Lipinski definition) is 0. The highest BCUT2D eigenvalue weighted by Crippen LogP contribution is 2.09. The van der Waals surface area contributed by atoms with E-state index in [2.05, 4.69) is 39.0 Å². The molecule has 0 N–H and O–H groups in total. The molecule has 0 unspecified atom stereocenters. The Morgan fingerprint density at radius 1 is 1.00 bits per heavy atom. The third-order valence-corrected chi connectivity index (χ3v) is 2.50. The first kappa shape index (κ1) is 13.5. The van der Waals surface area contributed by atoms with Crippen molar-refractivity contribution in [1.29, 1.82) is 0 Å². The van der Waals surface area contributed by atoms with E-state index in [0.29, 0.717) is 0 Å². The third kappa shape index (κ3) is 8.10. The smallest absolute Gasteiger partial charge is 0.0311 e. The van der Waals surface area contributed by atoms with Crippen LogP contribution in [0.3, 0.4) is 0 Å². The summed E-state index contributed by atoms with van der Waals surface area (Å²) in [6.45, 7) is 6.58. The highest BCUT2D eigenvalue weighted by atomic mass is 14.0. The Kier molecular flexibility index (Phi) is 10.2. The van der Waals surface area contributed by atoms with E-state index in [4.69, 9.17) is 0 Å². The molecular weight excluding hydrogens is 168 g/mol. The van der Waals surface area contributed by atoms with Crippen molar-refractivity contribution in [2.75, 3.05) is 0 Å². The fourth-order valence-corrected chi connectivity index (χ4v) is 1.58. The molecule has 0 aromatic carbocycles. The molecule has 0 heteroatoms. The van der Waals surface area contributed by atoms with Gasteiger partial charge in [-0.25, -0.2) is 0 Å². The Balaban J connectivity index is 3.48. The maximum atomic E-state index is 2.39. The summed E-state index contributed by atoms with van der Waals surface area (Å²) in [4.78, 5) is 0. The average molecular weight is 194 g/mol. The van der Waals surface area contributed by atoms with Gasteiger partial charge in [0.05, 0.1) is 0 Å². The van der Waals surface area contributed by atoms with Gasteiger partial charge in [0, 0.05) is 0 Å². The van der Waals surface area contributed by atoms with Crippen LogP contribution in [0.4, 0.5) is 0 Å². The van der Waals surface area contributed by atoms with Crippen molar-refractivity contribution in [3.05, 3.63) is 23.8 Å². The lowest BCUT2D eigenvalue weighted by Crippen LogP contribution is -1.79. The molecular formula is C14H26. The molecule has 0 aromatic rings. The van der Waals surface area contributed by atoms with E-state index >= 15 is 0 Å². The van der Waals surface area contributed by atoms with Crippen molar-refractivity contribution in [2.24, 2.45) is 0 Å². The molecule has 0 aliphatic rings. The van der Waals surface area contributed by atoms with Crippen molar-refractivity contribution in [1.82, 2.24) is 0 Å². The summed E-state index contributed by atoms with van der Waals surface area (Å²) in [7, 11) is 0. The minimum Gasteiger partial charge on any atom is -0.0874 e. The van der Waals surface area contributed by atoms with Crippen LogP contribution in [0.2, 0.25) is 0 Å². The largest absolute Gasteiger partial charge is 0.0874 e. The van der Waals surface area contributed by atoms with Gasteiger partial charge in [-0.15, -0.1) is 0 Å². The van der Waals surface area contributed by atoms with E-state index in [1.54, 1.807) is 0 Å². The lowest BCUT2D eigenvalue weighted by atomic mass is 10.1. The first-order chi connectivity index (χ1) is 6.85. The Morgan fingerprint density at radius 2 is 1.71 bits per heavy atom. The molecule has 0 spiro atoms. The molecule has 82 valence electrons. The van der Waals surface area contributed by atoms with Gasteiger partial charge in [-0.2, -0.15) is 0 Å². The number of allylic oxidation sites excluding steroid dienone is 4. The number of hydrogen-bond acceptors (Lipinski definition) is 0. The zero-order chi connectivity index (χ0) is 10.6. The van der Waals surface area contributed by atoms with Crippen LogP contribution in [0, 0.1) is 0 Å². The van der Waals surface area contributed by atoms with Crippen molar-refractivity contribution >= 4 is 0 Å². The highest BCUT2D eigenvalue weighted by molar-refractivity contribution is 5.17. The molecule has 14 heavy (non-hydrogen) atoms. The monoisotopic (exact) mass is 194 g/mol. The van der Waals surface area contributed by atoms with Gasteiger partial charge >= 0.3 is 0 Å². The maximum Gasteiger partial charge on any atom is -0.0311 e.